The van der Waals surface area contributed by atoms with E-state index in [0.717, 1.165) is 31.2 Å². The van der Waals surface area contributed by atoms with Gasteiger partial charge in [-0.3, -0.25) is 4.79 Å². The molecule has 1 aromatic carbocycles. The van der Waals surface area contributed by atoms with Crippen LogP contribution >= 0.6 is 12.4 Å². The molecule has 7 heteroatoms. The average molecular weight is 335 g/mol. The Morgan fingerprint density at radius 1 is 1.23 bits per heavy atom. The largest absolute Gasteiger partial charge is 0.435 e. The van der Waals surface area contributed by atoms with E-state index in [1.54, 1.807) is 12.1 Å². The highest BCUT2D eigenvalue weighted by Crippen LogP contribution is 2.18. The zero-order valence-electron chi connectivity index (χ0n) is 12.1. The van der Waals surface area contributed by atoms with Gasteiger partial charge in [0.2, 0.25) is 5.91 Å². The number of nitrogens with two attached hydrogens (primary N) is 1. The van der Waals surface area contributed by atoms with Gasteiger partial charge in [0.25, 0.3) is 0 Å². The first kappa shape index (κ1) is 18.6. The Balaban J connectivity index is 0.00000242. The molecular weight excluding hydrogens is 314 g/mol. The van der Waals surface area contributed by atoms with Gasteiger partial charge in [0.1, 0.15) is 5.75 Å². The minimum Gasteiger partial charge on any atom is -0.435 e. The van der Waals surface area contributed by atoms with E-state index in [1.165, 1.54) is 12.1 Å². The fourth-order valence-electron chi connectivity index (χ4n) is 2.52. The second kappa shape index (κ2) is 8.90. The predicted molar refractivity (Wildman–Crippen MR) is 82.4 cm³/mol. The van der Waals surface area contributed by atoms with Crippen LogP contribution in [0.3, 0.4) is 0 Å². The Morgan fingerprint density at radius 3 is 2.36 bits per heavy atom. The Kier molecular flexibility index (Phi) is 7.55. The number of amides is 1. The van der Waals surface area contributed by atoms with Crippen molar-refractivity contribution in [2.24, 2.45) is 5.73 Å². The molecule has 4 nitrogen and oxygen atoms in total. The molecule has 0 bridgehead atoms. The van der Waals surface area contributed by atoms with E-state index >= 15 is 0 Å². The van der Waals surface area contributed by atoms with Crippen LogP contribution in [0, 0.1) is 0 Å². The molecule has 1 amide bonds. The van der Waals surface area contributed by atoms with Gasteiger partial charge in [0.05, 0.1) is 6.42 Å². The number of benzene rings is 1. The van der Waals surface area contributed by atoms with Crippen LogP contribution in [-0.4, -0.2) is 24.6 Å². The predicted octanol–water partition coefficient (Wildman–Crippen LogP) is 2.64. The maximum Gasteiger partial charge on any atom is 0.387 e. The molecule has 0 aliphatic heterocycles. The normalized spacial score (nSPS) is 21.1. The second-order valence-electron chi connectivity index (χ2n) is 5.38. The van der Waals surface area contributed by atoms with Gasteiger partial charge in [0.15, 0.2) is 0 Å². The third-order valence-electron chi connectivity index (χ3n) is 3.65. The summed E-state index contributed by atoms with van der Waals surface area (Å²) in [5.41, 5.74) is 6.59. The van der Waals surface area contributed by atoms with Crippen molar-refractivity contribution in [1.82, 2.24) is 5.32 Å². The van der Waals surface area contributed by atoms with Crippen LogP contribution in [0.15, 0.2) is 24.3 Å². The van der Waals surface area contributed by atoms with Crippen LogP contribution in [0.25, 0.3) is 0 Å². The number of carbonyl (C=O) groups excluding carboxylic acids is 1. The van der Waals surface area contributed by atoms with Crippen molar-refractivity contribution in [2.75, 3.05) is 0 Å². The van der Waals surface area contributed by atoms with Crippen molar-refractivity contribution >= 4 is 18.3 Å². The minimum atomic E-state index is -2.84. The summed E-state index contributed by atoms with van der Waals surface area (Å²) in [6, 6.07) is 6.56. The Morgan fingerprint density at radius 2 is 1.82 bits per heavy atom. The number of hydrogen-bond acceptors (Lipinski definition) is 3. The molecule has 1 saturated carbocycles. The molecule has 0 heterocycles. The summed E-state index contributed by atoms with van der Waals surface area (Å²) in [7, 11) is 0. The van der Waals surface area contributed by atoms with Crippen LogP contribution in [0.2, 0.25) is 0 Å². The molecule has 0 radical (unpaired) electrons. The van der Waals surface area contributed by atoms with Gasteiger partial charge in [-0.15, -0.1) is 12.4 Å². The molecule has 124 valence electrons. The SMILES string of the molecule is Cl.NC1CCC(NC(=O)Cc2ccc(OC(F)F)cc2)CC1. The number of halogens is 3. The van der Waals surface area contributed by atoms with Gasteiger partial charge in [-0.25, -0.2) is 0 Å². The van der Waals surface area contributed by atoms with E-state index in [1.807, 2.05) is 0 Å². The first-order chi connectivity index (χ1) is 10.0. The molecule has 0 saturated heterocycles. The smallest absolute Gasteiger partial charge is 0.387 e. The Hall–Kier alpha value is -1.40. The van der Waals surface area contributed by atoms with E-state index in [9.17, 15) is 13.6 Å². The number of nitrogens with one attached hydrogen (secondary N) is 1. The highest BCUT2D eigenvalue weighted by atomic mass is 35.5. The van der Waals surface area contributed by atoms with E-state index in [2.05, 4.69) is 10.1 Å². The topological polar surface area (TPSA) is 64.3 Å². The quantitative estimate of drug-likeness (QED) is 0.870. The minimum absolute atomic E-state index is 0. The second-order valence-corrected chi connectivity index (χ2v) is 5.38. The first-order valence-electron chi connectivity index (χ1n) is 7.11. The van der Waals surface area contributed by atoms with Crippen LogP contribution < -0.4 is 15.8 Å². The van der Waals surface area contributed by atoms with Gasteiger partial charge in [-0.1, -0.05) is 12.1 Å². The fourth-order valence-corrected chi connectivity index (χ4v) is 2.52. The molecule has 3 N–H and O–H groups in total. The number of alkyl halides is 2. The molecule has 0 atom stereocenters. The molecule has 0 unspecified atom stereocenters. The van der Waals surface area contributed by atoms with Crippen molar-refractivity contribution in [1.29, 1.82) is 0 Å². The zero-order valence-corrected chi connectivity index (χ0v) is 13.0. The number of ether oxygens (including phenoxy) is 1. The lowest BCUT2D eigenvalue weighted by molar-refractivity contribution is -0.121. The van der Waals surface area contributed by atoms with E-state index < -0.39 is 6.61 Å². The number of carbonyl (C=O) groups is 1. The molecule has 1 aliphatic carbocycles. The van der Waals surface area contributed by atoms with Crippen LogP contribution in [-0.2, 0) is 11.2 Å². The lowest BCUT2D eigenvalue weighted by Crippen LogP contribution is -2.41. The summed E-state index contributed by atoms with van der Waals surface area (Å²) in [6.07, 6.45) is 3.93. The fraction of sp³-hybridized carbons (Fsp3) is 0.533. The lowest BCUT2D eigenvalue weighted by atomic mass is 9.91. The summed E-state index contributed by atoms with van der Waals surface area (Å²) in [5, 5.41) is 2.99. The van der Waals surface area contributed by atoms with Gasteiger partial charge in [-0.2, -0.15) is 8.78 Å². The van der Waals surface area contributed by atoms with E-state index in [-0.39, 0.29) is 42.6 Å². The monoisotopic (exact) mass is 334 g/mol. The highest BCUT2D eigenvalue weighted by molar-refractivity contribution is 5.85. The zero-order chi connectivity index (χ0) is 15.2. The maximum atomic E-state index is 12.0. The van der Waals surface area contributed by atoms with Gasteiger partial charge < -0.3 is 15.8 Å². The van der Waals surface area contributed by atoms with Gasteiger partial charge in [-0.05, 0) is 43.4 Å². The summed E-state index contributed by atoms with van der Waals surface area (Å²) in [6.45, 7) is -2.84. The third-order valence-corrected chi connectivity index (χ3v) is 3.65. The standard InChI is InChI=1S/C15H20F2N2O2.ClH/c16-15(17)21-13-7-1-10(2-8-13)9-14(20)19-12-5-3-11(18)4-6-12;/h1-2,7-8,11-12,15H,3-6,9,18H2,(H,19,20);1H. The molecule has 1 aromatic rings. The van der Waals surface area contributed by atoms with Gasteiger partial charge in [0, 0.05) is 12.1 Å². The average Bonchev–Trinajstić information content (AvgIpc) is 2.43. The van der Waals surface area contributed by atoms with Gasteiger partial charge >= 0.3 is 6.61 Å². The first-order valence-corrected chi connectivity index (χ1v) is 7.11. The number of hydrogen-bond donors (Lipinski definition) is 2. The van der Waals surface area contributed by atoms with Crippen molar-refractivity contribution in [3.8, 4) is 5.75 Å². The summed E-state index contributed by atoms with van der Waals surface area (Å²) < 4.78 is 28.3. The van der Waals surface area contributed by atoms with Crippen LogP contribution in [0.1, 0.15) is 31.2 Å². The maximum absolute atomic E-state index is 12.0. The molecular formula is C15H21ClF2N2O2. The summed E-state index contributed by atoms with van der Waals surface area (Å²) in [5.74, 6) is 0.0356. The van der Waals surface area contributed by atoms with Crippen molar-refractivity contribution < 1.29 is 18.3 Å². The summed E-state index contributed by atoms with van der Waals surface area (Å²) in [4.78, 5) is 11.9. The molecule has 0 spiro atoms. The molecule has 0 aromatic heterocycles. The Bertz CT molecular complexity index is 463. The summed E-state index contributed by atoms with van der Waals surface area (Å²) >= 11 is 0. The number of rotatable bonds is 5. The third kappa shape index (κ3) is 6.15. The molecule has 1 fully saturated rings. The van der Waals surface area contributed by atoms with E-state index in [4.69, 9.17) is 5.73 Å². The van der Waals surface area contributed by atoms with Crippen molar-refractivity contribution in [3.63, 3.8) is 0 Å². The van der Waals surface area contributed by atoms with E-state index in [0.29, 0.717) is 0 Å². The van der Waals surface area contributed by atoms with Crippen LogP contribution in [0.5, 0.6) is 5.75 Å². The van der Waals surface area contributed by atoms with Crippen molar-refractivity contribution in [2.45, 2.75) is 50.8 Å². The molecule has 2 rings (SSSR count). The Labute approximate surface area is 134 Å². The highest BCUT2D eigenvalue weighted by Gasteiger charge is 2.19. The van der Waals surface area contributed by atoms with Crippen LogP contribution in [0.4, 0.5) is 8.78 Å². The lowest BCUT2D eigenvalue weighted by Gasteiger charge is -2.26. The molecule has 22 heavy (non-hydrogen) atoms. The van der Waals surface area contributed by atoms with Crippen molar-refractivity contribution in [3.05, 3.63) is 29.8 Å². The molecule has 1 aliphatic rings.